The molecular weight excluding hydrogens is 433 g/mol. The van der Waals surface area contributed by atoms with Crippen LogP contribution in [0.2, 0.25) is 10.0 Å². The van der Waals surface area contributed by atoms with Gasteiger partial charge in [-0.15, -0.1) is 0 Å². The molecule has 3 rings (SSSR count). The number of rotatable bonds is 6. The first-order chi connectivity index (χ1) is 12.5. The molecule has 0 saturated heterocycles. The van der Waals surface area contributed by atoms with Crippen LogP contribution in [-0.4, -0.2) is 0 Å². The Labute approximate surface area is 172 Å². The fourth-order valence-corrected chi connectivity index (χ4v) is 3.11. The van der Waals surface area contributed by atoms with Gasteiger partial charge < -0.3 is 10.1 Å². The third-order valence-electron chi connectivity index (χ3n) is 3.98. The monoisotopic (exact) mass is 449 g/mol. The topological polar surface area (TPSA) is 21.3 Å². The fourth-order valence-electron chi connectivity index (χ4n) is 2.47. The molecule has 0 aliphatic heterocycles. The Morgan fingerprint density at radius 2 is 1.73 bits per heavy atom. The van der Waals surface area contributed by atoms with Gasteiger partial charge in [-0.25, -0.2) is 0 Å². The van der Waals surface area contributed by atoms with Crippen molar-refractivity contribution in [3.8, 4) is 5.75 Å². The van der Waals surface area contributed by atoms with Gasteiger partial charge in [-0.1, -0.05) is 57.3 Å². The summed E-state index contributed by atoms with van der Waals surface area (Å²) in [4.78, 5) is 0. The van der Waals surface area contributed by atoms with Gasteiger partial charge in [0.25, 0.3) is 0 Å². The van der Waals surface area contributed by atoms with E-state index < -0.39 is 0 Å². The van der Waals surface area contributed by atoms with Crippen molar-refractivity contribution in [2.24, 2.45) is 0 Å². The summed E-state index contributed by atoms with van der Waals surface area (Å²) in [5, 5.41) is 4.80. The zero-order chi connectivity index (χ0) is 18.5. The van der Waals surface area contributed by atoms with Crippen molar-refractivity contribution in [2.75, 3.05) is 5.32 Å². The van der Waals surface area contributed by atoms with Gasteiger partial charge in [-0.05, 0) is 60.5 Å². The summed E-state index contributed by atoms with van der Waals surface area (Å²) in [6, 6.07) is 19.7. The lowest BCUT2D eigenvalue weighted by atomic mass is 10.1. The molecule has 3 aromatic carbocycles. The van der Waals surface area contributed by atoms with Crippen LogP contribution in [0.25, 0.3) is 0 Å². The van der Waals surface area contributed by atoms with Crippen LogP contribution in [0.4, 0.5) is 5.69 Å². The number of hydrogen-bond donors (Lipinski definition) is 1. The van der Waals surface area contributed by atoms with Crippen molar-refractivity contribution in [1.29, 1.82) is 0 Å². The minimum Gasteiger partial charge on any atom is -0.489 e. The second-order valence-electron chi connectivity index (χ2n) is 5.98. The van der Waals surface area contributed by atoms with E-state index in [0.29, 0.717) is 18.2 Å². The van der Waals surface area contributed by atoms with Crippen LogP contribution in [0, 0.1) is 6.92 Å². The Morgan fingerprint density at radius 3 is 2.46 bits per heavy atom. The molecular formula is C21H18BrCl2NO. The van der Waals surface area contributed by atoms with Crippen LogP contribution >= 0.6 is 39.1 Å². The third kappa shape index (κ3) is 5.16. The molecule has 0 atom stereocenters. The smallest absolute Gasteiger partial charge is 0.124 e. The van der Waals surface area contributed by atoms with Gasteiger partial charge in [0.05, 0.1) is 0 Å². The summed E-state index contributed by atoms with van der Waals surface area (Å²) in [5.74, 6) is 0.808. The number of nitrogens with one attached hydrogen (secondary N) is 1. The van der Waals surface area contributed by atoms with Crippen LogP contribution in [0.5, 0.6) is 5.75 Å². The van der Waals surface area contributed by atoms with Crippen molar-refractivity contribution in [2.45, 2.75) is 20.1 Å². The second kappa shape index (κ2) is 8.81. The Balaban J connectivity index is 1.70. The minimum absolute atomic E-state index is 0.498. The maximum atomic E-state index is 6.19. The molecule has 0 spiro atoms. The van der Waals surface area contributed by atoms with E-state index >= 15 is 0 Å². The molecule has 0 unspecified atom stereocenters. The SMILES string of the molecule is Cc1ccc(NCc2cc(Cl)ccc2OCc2ccc(Br)cc2)cc1Cl. The van der Waals surface area contributed by atoms with Gasteiger partial charge >= 0.3 is 0 Å². The van der Waals surface area contributed by atoms with Crippen LogP contribution in [0.15, 0.2) is 65.1 Å². The van der Waals surface area contributed by atoms with E-state index in [-0.39, 0.29) is 0 Å². The molecule has 0 fully saturated rings. The highest BCUT2D eigenvalue weighted by molar-refractivity contribution is 9.10. The Morgan fingerprint density at radius 1 is 0.962 bits per heavy atom. The van der Waals surface area contributed by atoms with Gasteiger partial charge in [0.15, 0.2) is 0 Å². The van der Waals surface area contributed by atoms with Crippen LogP contribution in [-0.2, 0) is 13.2 Å². The molecule has 0 amide bonds. The lowest BCUT2D eigenvalue weighted by molar-refractivity contribution is 0.303. The molecule has 2 nitrogen and oxygen atoms in total. The molecule has 0 aliphatic rings. The van der Waals surface area contributed by atoms with Crippen LogP contribution in [0.1, 0.15) is 16.7 Å². The number of ether oxygens (including phenoxy) is 1. The molecule has 134 valence electrons. The highest BCUT2D eigenvalue weighted by Gasteiger charge is 2.07. The Kier molecular flexibility index (Phi) is 6.47. The number of benzene rings is 3. The van der Waals surface area contributed by atoms with E-state index in [0.717, 1.165) is 37.6 Å². The van der Waals surface area contributed by atoms with E-state index in [4.69, 9.17) is 27.9 Å². The molecule has 0 radical (unpaired) electrons. The summed E-state index contributed by atoms with van der Waals surface area (Å²) in [6.07, 6.45) is 0. The molecule has 26 heavy (non-hydrogen) atoms. The molecule has 0 bridgehead atoms. The van der Waals surface area contributed by atoms with Crippen molar-refractivity contribution in [3.63, 3.8) is 0 Å². The highest BCUT2D eigenvalue weighted by atomic mass is 79.9. The largest absolute Gasteiger partial charge is 0.489 e. The molecule has 0 heterocycles. The molecule has 1 N–H and O–H groups in total. The summed E-state index contributed by atoms with van der Waals surface area (Å²) in [5.41, 5.74) is 4.11. The van der Waals surface area contributed by atoms with E-state index in [9.17, 15) is 0 Å². The summed E-state index contributed by atoms with van der Waals surface area (Å²) >= 11 is 15.8. The van der Waals surface area contributed by atoms with E-state index in [2.05, 4.69) is 21.2 Å². The van der Waals surface area contributed by atoms with Crippen molar-refractivity contribution in [1.82, 2.24) is 0 Å². The summed E-state index contributed by atoms with van der Waals surface area (Å²) in [6.45, 7) is 3.07. The normalized spacial score (nSPS) is 10.6. The lowest BCUT2D eigenvalue weighted by Crippen LogP contribution is -2.04. The molecule has 5 heteroatoms. The van der Waals surface area contributed by atoms with Crippen molar-refractivity contribution in [3.05, 3.63) is 91.9 Å². The van der Waals surface area contributed by atoms with E-state index in [1.54, 1.807) is 0 Å². The first-order valence-corrected chi connectivity index (χ1v) is 9.72. The Bertz CT molecular complexity index is 897. The van der Waals surface area contributed by atoms with Crippen LogP contribution in [0.3, 0.4) is 0 Å². The van der Waals surface area contributed by atoms with Gasteiger partial charge in [0, 0.05) is 32.3 Å². The summed E-state index contributed by atoms with van der Waals surface area (Å²) in [7, 11) is 0. The van der Waals surface area contributed by atoms with E-state index in [1.165, 1.54) is 0 Å². The number of halogens is 3. The van der Waals surface area contributed by atoms with Gasteiger partial charge in [0.2, 0.25) is 0 Å². The molecule has 0 saturated carbocycles. The van der Waals surface area contributed by atoms with Crippen LogP contribution < -0.4 is 10.1 Å². The second-order valence-corrected chi connectivity index (χ2v) is 7.74. The maximum absolute atomic E-state index is 6.19. The van der Waals surface area contributed by atoms with E-state index in [1.807, 2.05) is 67.6 Å². The maximum Gasteiger partial charge on any atom is 0.124 e. The van der Waals surface area contributed by atoms with Crippen molar-refractivity contribution < 1.29 is 4.74 Å². The predicted octanol–water partition coefficient (Wildman–Crippen LogP) is 7.26. The summed E-state index contributed by atoms with van der Waals surface area (Å²) < 4.78 is 7.06. The lowest BCUT2D eigenvalue weighted by Gasteiger charge is -2.14. The molecule has 0 aromatic heterocycles. The Hall–Kier alpha value is -1.68. The predicted molar refractivity (Wildman–Crippen MR) is 113 cm³/mol. The first kappa shape index (κ1) is 19.1. The number of aryl methyl sites for hydroxylation is 1. The quantitative estimate of drug-likeness (QED) is 0.426. The zero-order valence-electron chi connectivity index (χ0n) is 14.2. The number of anilines is 1. The third-order valence-corrected chi connectivity index (χ3v) is 5.16. The first-order valence-electron chi connectivity index (χ1n) is 8.17. The fraction of sp³-hybridized carbons (Fsp3) is 0.143. The minimum atomic E-state index is 0.498. The zero-order valence-corrected chi connectivity index (χ0v) is 17.3. The van der Waals surface area contributed by atoms with Gasteiger partial charge in [0.1, 0.15) is 12.4 Å². The number of hydrogen-bond acceptors (Lipinski definition) is 2. The van der Waals surface area contributed by atoms with Crippen molar-refractivity contribution >= 4 is 44.8 Å². The average molecular weight is 451 g/mol. The molecule has 0 aliphatic carbocycles. The molecule has 3 aromatic rings. The highest BCUT2D eigenvalue weighted by Crippen LogP contribution is 2.26. The van der Waals surface area contributed by atoms with Gasteiger partial charge in [-0.2, -0.15) is 0 Å². The van der Waals surface area contributed by atoms with Gasteiger partial charge in [-0.3, -0.25) is 0 Å². The standard InChI is InChI=1S/C21H18BrCl2NO/c1-14-2-8-19(11-20(14)24)25-12-16-10-18(23)7-9-21(16)26-13-15-3-5-17(22)6-4-15/h2-11,25H,12-13H2,1H3. The average Bonchev–Trinajstić information content (AvgIpc) is 2.63.